The van der Waals surface area contributed by atoms with Crippen LogP contribution in [0, 0.1) is 11.8 Å². The van der Waals surface area contributed by atoms with Crippen LogP contribution < -0.4 is 5.32 Å². The standard InChI is InChI=1S/C16H27NO/c1-4-11-17-16(14-8-6-7-12(14)3)15-10-9-13(5-2)18-15/h9-10,12,14,16-17H,4-8,11H2,1-3H3. The van der Waals surface area contributed by atoms with Gasteiger partial charge in [0.15, 0.2) is 0 Å². The first-order valence-corrected chi connectivity index (χ1v) is 7.58. The molecule has 1 aromatic rings. The van der Waals surface area contributed by atoms with Crippen LogP contribution >= 0.6 is 0 Å². The zero-order valence-electron chi connectivity index (χ0n) is 12.0. The average molecular weight is 249 g/mol. The first kappa shape index (κ1) is 13.7. The fourth-order valence-corrected chi connectivity index (χ4v) is 3.18. The van der Waals surface area contributed by atoms with Crippen LogP contribution in [0.5, 0.6) is 0 Å². The molecule has 0 bridgehead atoms. The van der Waals surface area contributed by atoms with Crippen LogP contribution in [0.3, 0.4) is 0 Å². The topological polar surface area (TPSA) is 25.2 Å². The van der Waals surface area contributed by atoms with Crippen molar-refractivity contribution >= 4 is 0 Å². The average Bonchev–Trinajstić information content (AvgIpc) is 3.00. The first-order chi connectivity index (χ1) is 8.76. The van der Waals surface area contributed by atoms with E-state index in [0.29, 0.717) is 6.04 Å². The molecule has 0 spiro atoms. The Labute approximate surface area is 111 Å². The van der Waals surface area contributed by atoms with E-state index in [-0.39, 0.29) is 0 Å². The summed E-state index contributed by atoms with van der Waals surface area (Å²) in [4.78, 5) is 0. The lowest BCUT2D eigenvalue weighted by Crippen LogP contribution is -2.30. The summed E-state index contributed by atoms with van der Waals surface area (Å²) in [5.74, 6) is 3.82. The molecule has 18 heavy (non-hydrogen) atoms. The molecular formula is C16H27NO. The summed E-state index contributed by atoms with van der Waals surface area (Å²) in [6.45, 7) is 7.84. The van der Waals surface area contributed by atoms with E-state index >= 15 is 0 Å². The molecule has 1 aliphatic carbocycles. The highest BCUT2D eigenvalue weighted by molar-refractivity contribution is 5.12. The summed E-state index contributed by atoms with van der Waals surface area (Å²) in [5, 5.41) is 3.70. The number of nitrogens with one attached hydrogen (secondary N) is 1. The number of hydrogen-bond donors (Lipinski definition) is 1. The minimum absolute atomic E-state index is 0.419. The van der Waals surface area contributed by atoms with Gasteiger partial charge in [0.2, 0.25) is 0 Å². The maximum Gasteiger partial charge on any atom is 0.121 e. The normalized spacial score (nSPS) is 25.5. The molecule has 2 nitrogen and oxygen atoms in total. The summed E-state index contributed by atoms with van der Waals surface area (Å²) in [5.41, 5.74) is 0. The number of aryl methyl sites for hydroxylation is 1. The van der Waals surface area contributed by atoms with Crippen LogP contribution in [0.1, 0.15) is 64.0 Å². The van der Waals surface area contributed by atoms with Crippen molar-refractivity contribution in [1.82, 2.24) is 5.32 Å². The lowest BCUT2D eigenvalue weighted by atomic mass is 9.88. The quantitative estimate of drug-likeness (QED) is 0.812. The number of furan rings is 1. The predicted molar refractivity (Wildman–Crippen MR) is 75.6 cm³/mol. The number of hydrogen-bond acceptors (Lipinski definition) is 2. The monoisotopic (exact) mass is 249 g/mol. The maximum atomic E-state index is 5.99. The third kappa shape index (κ3) is 2.97. The maximum absolute atomic E-state index is 5.99. The smallest absolute Gasteiger partial charge is 0.121 e. The van der Waals surface area contributed by atoms with E-state index in [0.717, 1.165) is 36.3 Å². The van der Waals surface area contributed by atoms with Crippen molar-refractivity contribution in [2.45, 2.75) is 58.9 Å². The van der Waals surface area contributed by atoms with Gasteiger partial charge in [-0.1, -0.05) is 33.6 Å². The Morgan fingerprint density at radius 1 is 1.33 bits per heavy atom. The Kier molecular flexibility index (Phi) is 4.87. The van der Waals surface area contributed by atoms with Crippen molar-refractivity contribution in [1.29, 1.82) is 0 Å². The lowest BCUT2D eigenvalue weighted by Gasteiger charge is -2.26. The molecule has 1 N–H and O–H groups in total. The van der Waals surface area contributed by atoms with Gasteiger partial charge < -0.3 is 9.73 Å². The second-order valence-corrected chi connectivity index (χ2v) is 5.66. The van der Waals surface area contributed by atoms with E-state index in [2.05, 4.69) is 38.2 Å². The van der Waals surface area contributed by atoms with Crippen LogP contribution in [-0.2, 0) is 6.42 Å². The molecule has 0 aromatic carbocycles. The van der Waals surface area contributed by atoms with Gasteiger partial charge in [0, 0.05) is 6.42 Å². The SMILES string of the molecule is CCCNC(c1ccc(CC)o1)C1CCCC1C. The highest BCUT2D eigenvalue weighted by atomic mass is 16.3. The van der Waals surface area contributed by atoms with Crippen molar-refractivity contribution in [3.8, 4) is 0 Å². The van der Waals surface area contributed by atoms with E-state index in [4.69, 9.17) is 4.42 Å². The zero-order valence-corrected chi connectivity index (χ0v) is 12.0. The summed E-state index contributed by atoms with van der Waals surface area (Å²) in [6, 6.07) is 4.73. The molecule has 3 unspecified atom stereocenters. The van der Waals surface area contributed by atoms with Crippen LogP contribution in [0.25, 0.3) is 0 Å². The molecular weight excluding hydrogens is 222 g/mol. The van der Waals surface area contributed by atoms with Gasteiger partial charge in [0.25, 0.3) is 0 Å². The minimum Gasteiger partial charge on any atom is -0.464 e. The summed E-state index contributed by atoms with van der Waals surface area (Å²) in [7, 11) is 0. The van der Waals surface area contributed by atoms with E-state index in [9.17, 15) is 0 Å². The zero-order chi connectivity index (χ0) is 13.0. The summed E-state index contributed by atoms with van der Waals surface area (Å²) < 4.78 is 5.99. The van der Waals surface area contributed by atoms with Crippen LogP contribution in [0.4, 0.5) is 0 Å². The molecule has 1 aromatic heterocycles. The number of rotatable bonds is 6. The van der Waals surface area contributed by atoms with Crippen molar-refractivity contribution < 1.29 is 4.42 Å². The van der Waals surface area contributed by atoms with Gasteiger partial charge in [0.1, 0.15) is 11.5 Å². The lowest BCUT2D eigenvalue weighted by molar-refractivity contribution is 0.262. The molecule has 0 aliphatic heterocycles. The minimum atomic E-state index is 0.419. The molecule has 102 valence electrons. The van der Waals surface area contributed by atoms with Crippen molar-refractivity contribution in [2.24, 2.45) is 11.8 Å². The Bertz CT molecular complexity index is 358. The van der Waals surface area contributed by atoms with Crippen LogP contribution in [0.15, 0.2) is 16.5 Å². The highest BCUT2D eigenvalue weighted by Gasteiger charge is 2.33. The molecule has 2 rings (SSSR count). The van der Waals surface area contributed by atoms with Gasteiger partial charge in [-0.05, 0) is 43.4 Å². The second kappa shape index (κ2) is 6.42. The van der Waals surface area contributed by atoms with Crippen molar-refractivity contribution in [2.75, 3.05) is 6.54 Å². The van der Waals surface area contributed by atoms with Crippen molar-refractivity contribution in [3.05, 3.63) is 23.7 Å². The van der Waals surface area contributed by atoms with Crippen molar-refractivity contribution in [3.63, 3.8) is 0 Å². The van der Waals surface area contributed by atoms with Gasteiger partial charge in [0.05, 0.1) is 6.04 Å². The third-order valence-corrected chi connectivity index (χ3v) is 4.31. The Hall–Kier alpha value is -0.760. The summed E-state index contributed by atoms with van der Waals surface area (Å²) in [6.07, 6.45) is 6.25. The molecule has 3 atom stereocenters. The molecule has 1 aliphatic rings. The Morgan fingerprint density at radius 3 is 2.72 bits per heavy atom. The first-order valence-electron chi connectivity index (χ1n) is 7.58. The van der Waals surface area contributed by atoms with Gasteiger partial charge in [-0.2, -0.15) is 0 Å². The molecule has 0 saturated heterocycles. The Balaban J connectivity index is 2.13. The van der Waals surface area contributed by atoms with Crippen LogP contribution in [-0.4, -0.2) is 6.54 Å². The molecule has 0 radical (unpaired) electrons. The van der Waals surface area contributed by atoms with E-state index in [1.165, 1.54) is 25.7 Å². The molecule has 1 heterocycles. The fourth-order valence-electron chi connectivity index (χ4n) is 3.18. The van der Waals surface area contributed by atoms with Gasteiger partial charge in [-0.15, -0.1) is 0 Å². The summed E-state index contributed by atoms with van der Waals surface area (Å²) >= 11 is 0. The molecule has 1 saturated carbocycles. The van der Waals surface area contributed by atoms with E-state index in [1.807, 2.05) is 0 Å². The van der Waals surface area contributed by atoms with E-state index in [1.54, 1.807) is 0 Å². The fraction of sp³-hybridized carbons (Fsp3) is 0.750. The van der Waals surface area contributed by atoms with E-state index < -0.39 is 0 Å². The molecule has 1 fully saturated rings. The van der Waals surface area contributed by atoms with Crippen LogP contribution in [0.2, 0.25) is 0 Å². The largest absolute Gasteiger partial charge is 0.464 e. The highest BCUT2D eigenvalue weighted by Crippen LogP contribution is 2.40. The molecule has 0 amide bonds. The second-order valence-electron chi connectivity index (χ2n) is 5.66. The van der Waals surface area contributed by atoms with Gasteiger partial charge >= 0.3 is 0 Å². The van der Waals surface area contributed by atoms with Gasteiger partial charge in [-0.3, -0.25) is 0 Å². The molecule has 2 heteroatoms. The van der Waals surface area contributed by atoms with Gasteiger partial charge in [-0.25, -0.2) is 0 Å². The predicted octanol–water partition coefficient (Wildman–Crippen LogP) is 4.32. The third-order valence-electron chi connectivity index (χ3n) is 4.31. The Morgan fingerprint density at radius 2 is 2.17 bits per heavy atom.